The zero-order chi connectivity index (χ0) is 10.0. The van der Waals surface area contributed by atoms with E-state index in [4.69, 9.17) is 17.3 Å². The highest BCUT2D eigenvalue weighted by Gasteiger charge is 2.10. The predicted octanol–water partition coefficient (Wildman–Crippen LogP) is 2.47. The molecule has 0 saturated carbocycles. The summed E-state index contributed by atoms with van der Waals surface area (Å²) in [5.41, 5.74) is 6.26. The van der Waals surface area contributed by atoms with Gasteiger partial charge in [0.2, 0.25) is 0 Å². The van der Waals surface area contributed by atoms with Crippen LogP contribution in [0, 0.1) is 0 Å². The first-order valence-corrected chi connectivity index (χ1v) is 4.56. The second-order valence-corrected chi connectivity index (χ2v) is 3.59. The van der Waals surface area contributed by atoms with E-state index in [1.54, 1.807) is 6.07 Å². The van der Waals surface area contributed by atoms with E-state index < -0.39 is 5.97 Å². The van der Waals surface area contributed by atoms with E-state index in [0.29, 0.717) is 20.7 Å². The van der Waals surface area contributed by atoms with Crippen LogP contribution in [0.2, 0.25) is 5.02 Å². The largest absolute Gasteiger partial charge is 0.465 e. The summed E-state index contributed by atoms with van der Waals surface area (Å²) in [5, 5.41) is 0.396. The maximum absolute atomic E-state index is 11.1. The number of nitrogen functional groups attached to an aromatic ring is 1. The standard InChI is InChI=1S/C8H7BrClNO2/c1-13-8(12)4-2-5(9)7(10)6(11)3-4/h2-3H,11H2,1H3. The molecule has 0 heterocycles. The highest BCUT2D eigenvalue weighted by atomic mass is 79.9. The molecule has 1 rings (SSSR count). The van der Waals surface area contributed by atoms with Crippen molar-refractivity contribution in [1.29, 1.82) is 0 Å². The lowest BCUT2D eigenvalue weighted by molar-refractivity contribution is 0.0600. The lowest BCUT2D eigenvalue weighted by Crippen LogP contribution is -2.02. The number of methoxy groups -OCH3 is 1. The van der Waals surface area contributed by atoms with Crippen LogP contribution in [0.5, 0.6) is 0 Å². The Morgan fingerprint density at radius 1 is 1.62 bits per heavy atom. The first kappa shape index (κ1) is 10.3. The van der Waals surface area contributed by atoms with E-state index in [9.17, 15) is 4.79 Å². The van der Waals surface area contributed by atoms with Crippen molar-refractivity contribution in [3.63, 3.8) is 0 Å². The van der Waals surface area contributed by atoms with Gasteiger partial charge in [-0.15, -0.1) is 0 Å². The Balaban J connectivity index is 3.20. The lowest BCUT2D eigenvalue weighted by Gasteiger charge is -2.04. The van der Waals surface area contributed by atoms with Gasteiger partial charge >= 0.3 is 5.97 Å². The summed E-state index contributed by atoms with van der Waals surface area (Å²) in [6, 6.07) is 3.03. The molecule has 0 bridgehead atoms. The zero-order valence-electron chi connectivity index (χ0n) is 6.80. The Morgan fingerprint density at radius 2 is 2.23 bits per heavy atom. The van der Waals surface area contributed by atoms with Crippen LogP contribution in [-0.2, 0) is 4.74 Å². The molecule has 1 aromatic rings. The first-order valence-electron chi connectivity index (χ1n) is 3.39. The molecule has 0 atom stereocenters. The molecule has 0 aromatic heterocycles. The summed E-state index contributed by atoms with van der Waals surface area (Å²) in [4.78, 5) is 11.1. The van der Waals surface area contributed by atoms with Gasteiger partial charge in [0.05, 0.1) is 23.4 Å². The second kappa shape index (κ2) is 3.98. The van der Waals surface area contributed by atoms with E-state index in [2.05, 4.69) is 20.7 Å². The van der Waals surface area contributed by atoms with Crippen LogP contribution in [0.1, 0.15) is 10.4 Å². The second-order valence-electron chi connectivity index (χ2n) is 2.35. The highest BCUT2D eigenvalue weighted by molar-refractivity contribution is 9.10. The Kier molecular flexibility index (Phi) is 3.17. The van der Waals surface area contributed by atoms with Gasteiger partial charge in [-0.2, -0.15) is 0 Å². The van der Waals surface area contributed by atoms with Crippen molar-refractivity contribution in [2.24, 2.45) is 0 Å². The summed E-state index contributed by atoms with van der Waals surface area (Å²) in [5.74, 6) is -0.441. The monoisotopic (exact) mass is 263 g/mol. The van der Waals surface area contributed by atoms with E-state index in [1.807, 2.05) is 0 Å². The molecule has 0 spiro atoms. The average Bonchev–Trinajstić information content (AvgIpc) is 2.12. The molecule has 13 heavy (non-hydrogen) atoms. The van der Waals surface area contributed by atoms with E-state index in [0.717, 1.165) is 0 Å². The van der Waals surface area contributed by atoms with Gasteiger partial charge in [-0.1, -0.05) is 11.6 Å². The van der Waals surface area contributed by atoms with Crippen LogP contribution in [0.4, 0.5) is 5.69 Å². The van der Waals surface area contributed by atoms with Crippen LogP contribution in [0.25, 0.3) is 0 Å². The molecule has 0 aliphatic rings. The minimum Gasteiger partial charge on any atom is -0.465 e. The van der Waals surface area contributed by atoms with Crippen LogP contribution in [-0.4, -0.2) is 13.1 Å². The normalized spacial score (nSPS) is 9.77. The van der Waals surface area contributed by atoms with Crippen molar-refractivity contribution >= 4 is 39.2 Å². The quantitative estimate of drug-likeness (QED) is 0.626. The molecule has 70 valence electrons. The maximum Gasteiger partial charge on any atom is 0.337 e. The number of benzene rings is 1. The number of hydrogen-bond acceptors (Lipinski definition) is 3. The van der Waals surface area contributed by atoms with Gasteiger partial charge in [0.1, 0.15) is 0 Å². The van der Waals surface area contributed by atoms with Crippen LogP contribution < -0.4 is 5.73 Å². The fourth-order valence-corrected chi connectivity index (χ4v) is 1.43. The van der Waals surface area contributed by atoms with Gasteiger partial charge in [-0.05, 0) is 28.1 Å². The van der Waals surface area contributed by atoms with E-state index in [1.165, 1.54) is 13.2 Å². The number of carbonyl (C=O) groups excluding carboxylic acids is 1. The Hall–Kier alpha value is -0.740. The highest BCUT2D eigenvalue weighted by Crippen LogP contribution is 2.29. The van der Waals surface area contributed by atoms with E-state index in [-0.39, 0.29) is 0 Å². The zero-order valence-corrected chi connectivity index (χ0v) is 9.15. The molecule has 5 heteroatoms. The van der Waals surface area contributed by atoms with Crippen LogP contribution in [0.15, 0.2) is 16.6 Å². The molecule has 0 unspecified atom stereocenters. The molecule has 0 fully saturated rings. The maximum atomic E-state index is 11.1. The molecule has 2 N–H and O–H groups in total. The fourth-order valence-electron chi connectivity index (χ4n) is 0.846. The minimum absolute atomic E-state index is 0.344. The third-order valence-corrected chi connectivity index (χ3v) is 2.75. The summed E-state index contributed by atoms with van der Waals surface area (Å²) < 4.78 is 5.11. The van der Waals surface area contributed by atoms with Crippen molar-refractivity contribution in [2.75, 3.05) is 12.8 Å². The van der Waals surface area contributed by atoms with Gasteiger partial charge in [-0.25, -0.2) is 4.79 Å². The predicted molar refractivity (Wildman–Crippen MR) is 54.9 cm³/mol. The molecular weight excluding hydrogens is 257 g/mol. The van der Waals surface area contributed by atoms with Crippen molar-refractivity contribution in [2.45, 2.75) is 0 Å². The lowest BCUT2D eigenvalue weighted by atomic mass is 10.2. The van der Waals surface area contributed by atoms with Gasteiger partial charge in [0.15, 0.2) is 0 Å². The number of carbonyl (C=O) groups is 1. The molecule has 0 aliphatic heterocycles. The van der Waals surface area contributed by atoms with Crippen LogP contribution in [0.3, 0.4) is 0 Å². The molecular formula is C8H7BrClNO2. The number of hydrogen-bond donors (Lipinski definition) is 1. The van der Waals surface area contributed by atoms with Gasteiger partial charge in [-0.3, -0.25) is 0 Å². The van der Waals surface area contributed by atoms with Crippen molar-refractivity contribution in [1.82, 2.24) is 0 Å². The average molecular weight is 265 g/mol. The molecule has 1 aromatic carbocycles. The number of rotatable bonds is 1. The Bertz CT molecular complexity index is 331. The number of esters is 1. The third-order valence-electron chi connectivity index (χ3n) is 1.48. The number of anilines is 1. The number of nitrogens with two attached hydrogens (primary N) is 1. The molecule has 0 amide bonds. The number of halogens is 2. The summed E-state index contributed by atoms with van der Waals surface area (Å²) in [6.45, 7) is 0. The van der Waals surface area contributed by atoms with E-state index >= 15 is 0 Å². The SMILES string of the molecule is COC(=O)c1cc(N)c(Cl)c(Br)c1. The summed E-state index contributed by atoms with van der Waals surface area (Å²) in [6.07, 6.45) is 0. The van der Waals surface area contributed by atoms with Gasteiger partial charge in [0, 0.05) is 4.47 Å². The van der Waals surface area contributed by atoms with Crippen molar-refractivity contribution in [3.05, 3.63) is 27.2 Å². The Labute approximate surface area is 88.9 Å². The molecule has 0 radical (unpaired) electrons. The Morgan fingerprint density at radius 3 is 2.69 bits per heavy atom. The van der Waals surface area contributed by atoms with Crippen LogP contribution >= 0.6 is 27.5 Å². The third kappa shape index (κ3) is 2.14. The number of ether oxygens (including phenoxy) is 1. The summed E-state index contributed by atoms with van der Waals surface area (Å²) in [7, 11) is 1.31. The molecule has 3 nitrogen and oxygen atoms in total. The van der Waals surface area contributed by atoms with Crippen molar-refractivity contribution < 1.29 is 9.53 Å². The van der Waals surface area contributed by atoms with Crippen molar-refractivity contribution in [3.8, 4) is 0 Å². The van der Waals surface area contributed by atoms with Gasteiger partial charge < -0.3 is 10.5 Å². The molecule has 0 aliphatic carbocycles. The topological polar surface area (TPSA) is 52.3 Å². The molecule has 0 saturated heterocycles. The summed E-state index contributed by atoms with van der Waals surface area (Å²) >= 11 is 8.95. The smallest absolute Gasteiger partial charge is 0.337 e. The first-order chi connectivity index (χ1) is 6.06. The van der Waals surface area contributed by atoms with Gasteiger partial charge in [0.25, 0.3) is 0 Å². The minimum atomic E-state index is -0.441. The fraction of sp³-hybridized carbons (Fsp3) is 0.125.